The van der Waals surface area contributed by atoms with Crippen molar-refractivity contribution in [2.75, 3.05) is 32.1 Å². The second kappa shape index (κ2) is 9.29. The van der Waals surface area contributed by atoms with E-state index in [0.717, 1.165) is 30.1 Å². The summed E-state index contributed by atoms with van der Waals surface area (Å²) in [5, 5.41) is 22.8. The number of nitriles is 1. The molecule has 0 aliphatic carbocycles. The molecule has 0 radical (unpaired) electrons. The topological polar surface area (TPSA) is 108 Å². The fraction of sp³-hybridized carbons (Fsp3) is 0.318. The predicted octanol–water partition coefficient (Wildman–Crippen LogP) is 3.47. The van der Waals surface area contributed by atoms with Crippen molar-refractivity contribution < 1.29 is 9.47 Å². The molecule has 3 heterocycles. The molecule has 0 bridgehead atoms. The number of methoxy groups -OCH3 is 1. The summed E-state index contributed by atoms with van der Waals surface area (Å²) in [6, 6.07) is 13.2. The molecular formula is C22H24N6O2. The summed E-state index contributed by atoms with van der Waals surface area (Å²) in [6.45, 7) is 2.72. The first kappa shape index (κ1) is 19.7. The first-order chi connectivity index (χ1) is 14.8. The van der Waals surface area contributed by atoms with E-state index in [-0.39, 0.29) is 0 Å². The zero-order valence-electron chi connectivity index (χ0n) is 16.8. The number of pyridine rings is 1. The van der Waals surface area contributed by atoms with Crippen molar-refractivity contribution in [2.45, 2.75) is 12.8 Å². The van der Waals surface area contributed by atoms with Crippen molar-refractivity contribution in [1.29, 1.82) is 5.26 Å². The molecule has 2 aromatic heterocycles. The summed E-state index contributed by atoms with van der Waals surface area (Å²) in [4.78, 5) is 4.22. The number of hydrogen-bond donors (Lipinski definition) is 3. The zero-order valence-corrected chi connectivity index (χ0v) is 16.8. The number of rotatable bonds is 7. The first-order valence-electron chi connectivity index (χ1n) is 9.96. The van der Waals surface area contributed by atoms with E-state index >= 15 is 0 Å². The van der Waals surface area contributed by atoms with Crippen molar-refractivity contribution in [3.8, 4) is 28.8 Å². The summed E-state index contributed by atoms with van der Waals surface area (Å²) in [6.07, 6.45) is 3.86. The van der Waals surface area contributed by atoms with Crippen molar-refractivity contribution >= 4 is 11.6 Å². The standard InChI is InChI=1S/C22H24N6O2/c1-29-18-5-2-6-19(30-14-16-4-3-9-24-12-16)22(18)17-10-21(28-27-17)26-20-8-7-15(11-23)13-25-20/h2,5-8,10,13,16,24H,3-4,9,12,14H2,1H3,(H2,25,26,27,28)/t16-/m0/s1. The van der Waals surface area contributed by atoms with E-state index in [4.69, 9.17) is 14.7 Å². The molecule has 0 spiro atoms. The van der Waals surface area contributed by atoms with E-state index in [9.17, 15) is 0 Å². The van der Waals surface area contributed by atoms with Gasteiger partial charge in [0.05, 0.1) is 30.5 Å². The van der Waals surface area contributed by atoms with Crippen LogP contribution in [0, 0.1) is 17.2 Å². The van der Waals surface area contributed by atoms with Crippen LogP contribution in [-0.4, -0.2) is 42.0 Å². The molecule has 0 amide bonds. The highest BCUT2D eigenvalue weighted by molar-refractivity contribution is 5.76. The van der Waals surface area contributed by atoms with Gasteiger partial charge in [0.15, 0.2) is 5.82 Å². The molecule has 8 heteroatoms. The van der Waals surface area contributed by atoms with Crippen LogP contribution in [0.5, 0.6) is 11.5 Å². The van der Waals surface area contributed by atoms with Crippen LogP contribution in [0.3, 0.4) is 0 Å². The third-order valence-corrected chi connectivity index (χ3v) is 5.08. The summed E-state index contributed by atoms with van der Waals surface area (Å²) < 4.78 is 11.8. The minimum absolute atomic E-state index is 0.499. The van der Waals surface area contributed by atoms with Crippen LogP contribution < -0.4 is 20.1 Å². The fourth-order valence-corrected chi connectivity index (χ4v) is 3.52. The summed E-state index contributed by atoms with van der Waals surface area (Å²) >= 11 is 0. The van der Waals surface area contributed by atoms with Crippen molar-refractivity contribution in [2.24, 2.45) is 5.92 Å². The Hall–Kier alpha value is -3.57. The summed E-state index contributed by atoms with van der Waals surface area (Å²) in [7, 11) is 1.64. The smallest absolute Gasteiger partial charge is 0.153 e. The number of aromatic nitrogens is 3. The molecule has 0 unspecified atom stereocenters. The molecule has 3 N–H and O–H groups in total. The van der Waals surface area contributed by atoms with Crippen LogP contribution in [0.2, 0.25) is 0 Å². The van der Waals surface area contributed by atoms with Crippen molar-refractivity contribution in [3.05, 3.63) is 48.2 Å². The average molecular weight is 404 g/mol. The molecule has 1 aliphatic heterocycles. The number of anilines is 2. The lowest BCUT2D eigenvalue weighted by atomic mass is 10.0. The van der Waals surface area contributed by atoms with E-state index < -0.39 is 0 Å². The Labute approximate surface area is 175 Å². The number of H-pyrrole nitrogens is 1. The monoisotopic (exact) mass is 404 g/mol. The fourth-order valence-electron chi connectivity index (χ4n) is 3.52. The molecule has 1 fully saturated rings. The molecule has 1 aromatic carbocycles. The van der Waals surface area contributed by atoms with Gasteiger partial charge in [0.25, 0.3) is 0 Å². The number of ether oxygens (including phenoxy) is 2. The SMILES string of the molecule is COc1cccc(OC[C@H]2CCCNC2)c1-c1cc(Nc2ccc(C#N)cn2)n[nH]1. The Morgan fingerprint density at radius 1 is 1.23 bits per heavy atom. The molecule has 1 saturated heterocycles. The molecular weight excluding hydrogens is 380 g/mol. The number of nitrogens with zero attached hydrogens (tertiary/aromatic N) is 3. The van der Waals surface area contributed by atoms with Gasteiger partial charge in [0.2, 0.25) is 0 Å². The largest absolute Gasteiger partial charge is 0.496 e. The molecule has 8 nitrogen and oxygen atoms in total. The average Bonchev–Trinajstić information content (AvgIpc) is 3.26. The highest BCUT2D eigenvalue weighted by Crippen LogP contribution is 2.38. The normalized spacial score (nSPS) is 15.9. The maximum absolute atomic E-state index is 8.89. The highest BCUT2D eigenvalue weighted by atomic mass is 16.5. The second-order valence-corrected chi connectivity index (χ2v) is 7.19. The molecule has 4 rings (SSSR count). The van der Waals surface area contributed by atoms with Gasteiger partial charge in [-0.25, -0.2) is 4.98 Å². The number of aromatic amines is 1. The minimum atomic E-state index is 0.499. The molecule has 0 saturated carbocycles. The van der Waals surface area contributed by atoms with Gasteiger partial charge in [0.1, 0.15) is 23.4 Å². The van der Waals surface area contributed by atoms with Crippen LogP contribution in [0.25, 0.3) is 11.3 Å². The number of piperidine rings is 1. The molecule has 30 heavy (non-hydrogen) atoms. The van der Waals surface area contributed by atoms with Gasteiger partial charge in [-0.2, -0.15) is 10.4 Å². The number of nitrogens with one attached hydrogen (secondary N) is 3. The van der Waals surface area contributed by atoms with Gasteiger partial charge in [-0.1, -0.05) is 6.07 Å². The lowest BCUT2D eigenvalue weighted by molar-refractivity contribution is 0.218. The summed E-state index contributed by atoms with van der Waals surface area (Å²) in [5.41, 5.74) is 2.12. The van der Waals surface area contributed by atoms with Gasteiger partial charge in [-0.15, -0.1) is 0 Å². The van der Waals surface area contributed by atoms with Crippen LogP contribution in [0.1, 0.15) is 18.4 Å². The van der Waals surface area contributed by atoms with E-state index in [1.54, 1.807) is 19.2 Å². The number of benzene rings is 1. The first-order valence-corrected chi connectivity index (χ1v) is 9.96. The maximum atomic E-state index is 8.89. The van der Waals surface area contributed by atoms with E-state index in [0.29, 0.717) is 35.5 Å². The van der Waals surface area contributed by atoms with Crippen molar-refractivity contribution in [3.63, 3.8) is 0 Å². The predicted molar refractivity (Wildman–Crippen MR) is 114 cm³/mol. The van der Waals surface area contributed by atoms with Crippen LogP contribution >= 0.6 is 0 Å². The Balaban J connectivity index is 1.54. The molecule has 3 aromatic rings. The lowest BCUT2D eigenvalue weighted by Gasteiger charge is -2.23. The van der Waals surface area contributed by atoms with Gasteiger partial charge >= 0.3 is 0 Å². The van der Waals surface area contributed by atoms with E-state index in [2.05, 4.69) is 31.9 Å². The highest BCUT2D eigenvalue weighted by Gasteiger charge is 2.18. The minimum Gasteiger partial charge on any atom is -0.496 e. The van der Waals surface area contributed by atoms with Gasteiger partial charge in [-0.05, 0) is 43.7 Å². The second-order valence-electron chi connectivity index (χ2n) is 7.19. The maximum Gasteiger partial charge on any atom is 0.153 e. The third kappa shape index (κ3) is 4.53. The molecule has 1 atom stereocenters. The Morgan fingerprint density at radius 3 is 2.87 bits per heavy atom. The van der Waals surface area contributed by atoms with Crippen LogP contribution in [0.4, 0.5) is 11.6 Å². The Morgan fingerprint density at radius 2 is 2.13 bits per heavy atom. The van der Waals surface area contributed by atoms with Gasteiger partial charge < -0.3 is 20.1 Å². The van der Waals surface area contributed by atoms with Crippen LogP contribution in [0.15, 0.2) is 42.6 Å². The quantitative estimate of drug-likeness (QED) is 0.553. The number of hydrogen-bond acceptors (Lipinski definition) is 7. The molecule has 154 valence electrons. The molecule has 1 aliphatic rings. The van der Waals surface area contributed by atoms with Gasteiger partial charge in [-0.3, -0.25) is 5.10 Å². The van der Waals surface area contributed by atoms with E-state index in [1.165, 1.54) is 19.0 Å². The Kier molecular flexibility index (Phi) is 6.11. The Bertz CT molecular complexity index is 1020. The zero-order chi connectivity index (χ0) is 20.8. The lowest BCUT2D eigenvalue weighted by Crippen LogP contribution is -2.33. The van der Waals surface area contributed by atoms with E-state index in [1.807, 2.05) is 24.3 Å². The van der Waals surface area contributed by atoms with Gasteiger partial charge in [0, 0.05) is 24.7 Å². The third-order valence-electron chi connectivity index (χ3n) is 5.08. The summed E-state index contributed by atoms with van der Waals surface area (Å²) in [5.74, 6) is 3.18. The van der Waals surface area contributed by atoms with Crippen LogP contribution in [-0.2, 0) is 0 Å². The van der Waals surface area contributed by atoms with Crippen molar-refractivity contribution in [1.82, 2.24) is 20.5 Å².